The van der Waals surface area contributed by atoms with Crippen LogP contribution < -0.4 is 15.0 Å². The Kier molecular flexibility index (Phi) is 5.67. The van der Waals surface area contributed by atoms with Gasteiger partial charge in [-0.1, -0.05) is 29.8 Å². The molecule has 0 fully saturated rings. The van der Waals surface area contributed by atoms with Crippen molar-refractivity contribution in [1.29, 1.82) is 0 Å². The maximum atomic E-state index is 11.8. The molecule has 2 rings (SSSR count). The summed E-state index contributed by atoms with van der Waals surface area (Å²) in [5.41, 5.74) is 2.17. The van der Waals surface area contributed by atoms with E-state index in [9.17, 15) is 4.79 Å². The lowest BCUT2D eigenvalue weighted by atomic mass is 10.2. The highest BCUT2D eigenvalue weighted by Crippen LogP contribution is 2.17. The van der Waals surface area contributed by atoms with Gasteiger partial charge in [0.1, 0.15) is 5.75 Å². The second-order valence-electron chi connectivity index (χ2n) is 5.08. The number of ether oxygens (including phenoxy) is 1. The number of halogens is 1. The van der Waals surface area contributed by atoms with Gasteiger partial charge in [0.05, 0.1) is 0 Å². The van der Waals surface area contributed by atoms with E-state index < -0.39 is 0 Å². The molecule has 2 aromatic rings. The molecule has 0 saturated carbocycles. The van der Waals surface area contributed by atoms with Crippen molar-refractivity contribution in [3.05, 3.63) is 59.1 Å². The van der Waals surface area contributed by atoms with Gasteiger partial charge in [-0.05, 0) is 35.9 Å². The highest BCUT2D eigenvalue weighted by molar-refractivity contribution is 6.30. The first-order valence-electron chi connectivity index (χ1n) is 6.96. The number of benzene rings is 2. The lowest BCUT2D eigenvalue weighted by molar-refractivity contribution is -0.123. The van der Waals surface area contributed by atoms with Gasteiger partial charge in [0, 0.05) is 31.4 Å². The molecule has 0 aliphatic heterocycles. The molecule has 1 N–H and O–H groups in total. The molecule has 0 radical (unpaired) electrons. The molecule has 4 nitrogen and oxygen atoms in total. The number of amides is 1. The van der Waals surface area contributed by atoms with E-state index in [1.807, 2.05) is 43.3 Å². The van der Waals surface area contributed by atoms with Crippen LogP contribution in [0.3, 0.4) is 0 Å². The lowest BCUT2D eigenvalue weighted by Gasteiger charge is -2.13. The third kappa shape index (κ3) is 4.97. The predicted molar refractivity (Wildman–Crippen MR) is 89.6 cm³/mol. The van der Waals surface area contributed by atoms with E-state index in [1.165, 1.54) is 0 Å². The number of hydrogen-bond donors (Lipinski definition) is 1. The fourth-order valence-electron chi connectivity index (χ4n) is 1.87. The number of carbonyl (C=O) groups excluding carboxylic acids is 1. The number of anilines is 1. The maximum Gasteiger partial charge on any atom is 0.258 e. The Morgan fingerprint density at radius 2 is 1.91 bits per heavy atom. The number of nitrogens with zero attached hydrogens (tertiary/aromatic N) is 1. The molecule has 0 aliphatic carbocycles. The van der Waals surface area contributed by atoms with Crippen LogP contribution in [0, 0.1) is 0 Å². The Morgan fingerprint density at radius 1 is 1.18 bits per heavy atom. The largest absolute Gasteiger partial charge is 0.484 e. The van der Waals surface area contributed by atoms with Gasteiger partial charge in [-0.2, -0.15) is 0 Å². The molecule has 0 heterocycles. The van der Waals surface area contributed by atoms with Crippen molar-refractivity contribution < 1.29 is 9.53 Å². The van der Waals surface area contributed by atoms with Gasteiger partial charge < -0.3 is 15.0 Å². The summed E-state index contributed by atoms with van der Waals surface area (Å²) in [7, 11) is 3.98. The minimum Gasteiger partial charge on any atom is -0.484 e. The van der Waals surface area contributed by atoms with Gasteiger partial charge in [-0.3, -0.25) is 4.79 Å². The van der Waals surface area contributed by atoms with Gasteiger partial charge in [-0.25, -0.2) is 0 Å². The highest BCUT2D eigenvalue weighted by Gasteiger charge is 2.04. The molecule has 22 heavy (non-hydrogen) atoms. The number of hydrogen-bond acceptors (Lipinski definition) is 3. The van der Waals surface area contributed by atoms with Crippen molar-refractivity contribution in [1.82, 2.24) is 5.32 Å². The van der Waals surface area contributed by atoms with Crippen molar-refractivity contribution in [2.45, 2.75) is 6.54 Å². The Bertz CT molecular complexity index is 627. The van der Waals surface area contributed by atoms with Crippen LogP contribution in [0.15, 0.2) is 48.5 Å². The zero-order valence-electron chi connectivity index (χ0n) is 12.7. The third-order valence-corrected chi connectivity index (χ3v) is 3.34. The number of rotatable bonds is 6. The summed E-state index contributed by atoms with van der Waals surface area (Å²) in [6.45, 7) is 0.446. The van der Waals surface area contributed by atoms with Crippen molar-refractivity contribution in [3.63, 3.8) is 0 Å². The quantitative estimate of drug-likeness (QED) is 0.890. The predicted octanol–water partition coefficient (Wildman–Crippen LogP) is 3.10. The first-order chi connectivity index (χ1) is 10.5. The number of carbonyl (C=O) groups is 1. The van der Waals surface area contributed by atoms with Crippen LogP contribution in [0.5, 0.6) is 5.75 Å². The molecule has 0 saturated heterocycles. The molecular weight excluding hydrogens is 300 g/mol. The first kappa shape index (κ1) is 16.2. The van der Waals surface area contributed by atoms with E-state index in [2.05, 4.69) is 5.32 Å². The SMILES string of the molecule is CN(C)c1ccc(CNC(=O)COc2cccc(Cl)c2)cc1. The lowest BCUT2D eigenvalue weighted by Crippen LogP contribution is -2.28. The van der Waals surface area contributed by atoms with Crippen LogP contribution >= 0.6 is 11.6 Å². The van der Waals surface area contributed by atoms with Gasteiger partial charge in [0.15, 0.2) is 6.61 Å². The molecule has 1 amide bonds. The van der Waals surface area contributed by atoms with Gasteiger partial charge in [0.25, 0.3) is 5.91 Å². The second kappa shape index (κ2) is 7.71. The Morgan fingerprint density at radius 3 is 2.55 bits per heavy atom. The van der Waals surface area contributed by atoms with Gasteiger partial charge >= 0.3 is 0 Å². The van der Waals surface area contributed by atoms with Crippen LogP contribution in [-0.4, -0.2) is 26.6 Å². The molecule has 116 valence electrons. The van der Waals surface area contributed by atoms with E-state index >= 15 is 0 Å². The summed E-state index contributed by atoms with van der Waals surface area (Å²) >= 11 is 5.85. The van der Waals surface area contributed by atoms with Crippen molar-refractivity contribution in [3.8, 4) is 5.75 Å². The van der Waals surface area contributed by atoms with Crippen LogP contribution in [-0.2, 0) is 11.3 Å². The zero-order chi connectivity index (χ0) is 15.9. The molecule has 0 unspecified atom stereocenters. The van der Waals surface area contributed by atoms with Crippen molar-refractivity contribution in [2.75, 3.05) is 25.6 Å². The average Bonchev–Trinajstić information content (AvgIpc) is 2.51. The molecular formula is C17H19ClN2O2. The fraction of sp³-hybridized carbons (Fsp3) is 0.235. The van der Waals surface area contributed by atoms with E-state index in [-0.39, 0.29) is 12.5 Å². The second-order valence-corrected chi connectivity index (χ2v) is 5.52. The normalized spacial score (nSPS) is 10.1. The minimum absolute atomic E-state index is 0.0316. The maximum absolute atomic E-state index is 11.8. The third-order valence-electron chi connectivity index (χ3n) is 3.11. The summed E-state index contributed by atoms with van der Waals surface area (Å²) in [5.74, 6) is 0.412. The van der Waals surface area contributed by atoms with Crippen LogP contribution in [0.2, 0.25) is 5.02 Å². The summed E-state index contributed by atoms with van der Waals surface area (Å²) in [4.78, 5) is 13.8. The Balaban J connectivity index is 1.77. The Labute approximate surface area is 135 Å². The molecule has 0 aliphatic rings. The van der Waals surface area contributed by atoms with Gasteiger partial charge in [-0.15, -0.1) is 0 Å². The van der Waals surface area contributed by atoms with Crippen LogP contribution in [0.4, 0.5) is 5.69 Å². The monoisotopic (exact) mass is 318 g/mol. The average molecular weight is 319 g/mol. The summed E-state index contributed by atoms with van der Waals surface area (Å²) in [6.07, 6.45) is 0. The number of nitrogens with one attached hydrogen (secondary N) is 1. The standard InChI is InChI=1S/C17H19ClN2O2/c1-20(2)15-8-6-13(7-9-15)11-19-17(21)12-22-16-5-3-4-14(18)10-16/h3-10H,11-12H2,1-2H3,(H,19,21). The Hall–Kier alpha value is -2.20. The molecule has 0 spiro atoms. The van der Waals surface area contributed by atoms with Crippen LogP contribution in [0.1, 0.15) is 5.56 Å². The molecule has 0 atom stereocenters. The van der Waals surface area contributed by atoms with E-state index in [4.69, 9.17) is 16.3 Å². The summed E-state index contributed by atoms with van der Waals surface area (Å²) in [5, 5.41) is 3.40. The van der Waals surface area contributed by atoms with Crippen LogP contribution in [0.25, 0.3) is 0 Å². The highest BCUT2D eigenvalue weighted by atomic mass is 35.5. The molecule has 0 aromatic heterocycles. The zero-order valence-corrected chi connectivity index (χ0v) is 13.4. The van der Waals surface area contributed by atoms with E-state index in [0.29, 0.717) is 17.3 Å². The van der Waals surface area contributed by atoms with Crippen molar-refractivity contribution in [2.24, 2.45) is 0 Å². The summed E-state index contributed by atoms with van der Waals surface area (Å²) in [6, 6.07) is 15.0. The minimum atomic E-state index is -0.170. The van der Waals surface area contributed by atoms with Crippen molar-refractivity contribution >= 4 is 23.2 Å². The summed E-state index contributed by atoms with van der Waals surface area (Å²) < 4.78 is 5.38. The van der Waals surface area contributed by atoms with E-state index in [0.717, 1.165) is 11.3 Å². The molecule has 0 bridgehead atoms. The van der Waals surface area contributed by atoms with Gasteiger partial charge in [0.2, 0.25) is 0 Å². The molecule has 5 heteroatoms. The smallest absolute Gasteiger partial charge is 0.258 e. The fourth-order valence-corrected chi connectivity index (χ4v) is 2.05. The van der Waals surface area contributed by atoms with E-state index in [1.54, 1.807) is 24.3 Å². The topological polar surface area (TPSA) is 41.6 Å². The first-order valence-corrected chi connectivity index (χ1v) is 7.34. The molecule has 2 aromatic carbocycles.